The second-order valence-corrected chi connectivity index (χ2v) is 6.63. The zero-order chi connectivity index (χ0) is 18.1. The number of hydrogen-bond acceptors (Lipinski definition) is 5. The van der Waals surface area contributed by atoms with E-state index in [9.17, 15) is 4.79 Å². The highest BCUT2D eigenvalue weighted by Crippen LogP contribution is 2.24. The molecule has 1 aromatic carbocycles. The Morgan fingerprint density at radius 2 is 2.19 bits per heavy atom. The van der Waals surface area contributed by atoms with Gasteiger partial charge in [-0.15, -0.1) is 5.10 Å². The first-order valence-corrected chi connectivity index (χ1v) is 8.92. The number of nitrogens with one attached hydrogen (secondary N) is 1. The molecule has 1 saturated heterocycles. The molecule has 1 aliphatic heterocycles. The molecular formula is C19H22N6O. The molecule has 1 aliphatic rings. The molecule has 26 heavy (non-hydrogen) atoms. The lowest BCUT2D eigenvalue weighted by Gasteiger charge is -2.23. The summed E-state index contributed by atoms with van der Waals surface area (Å²) in [5.74, 6) is -0.0372. The summed E-state index contributed by atoms with van der Waals surface area (Å²) >= 11 is 0. The third kappa shape index (κ3) is 2.74. The van der Waals surface area contributed by atoms with Gasteiger partial charge in [-0.1, -0.05) is 11.3 Å². The van der Waals surface area contributed by atoms with Crippen LogP contribution in [0.2, 0.25) is 0 Å². The number of likely N-dealkylation sites (tertiary alicyclic amines) is 1. The van der Waals surface area contributed by atoms with Crippen molar-refractivity contribution in [2.24, 2.45) is 0 Å². The van der Waals surface area contributed by atoms with E-state index in [2.05, 4.69) is 20.6 Å². The van der Waals surface area contributed by atoms with Gasteiger partial charge in [0, 0.05) is 30.7 Å². The molecule has 7 nitrogen and oxygen atoms in total. The Morgan fingerprint density at radius 1 is 1.31 bits per heavy atom. The third-order valence-corrected chi connectivity index (χ3v) is 5.03. The minimum atomic E-state index is -0.0372. The van der Waals surface area contributed by atoms with Crippen molar-refractivity contribution in [1.82, 2.24) is 30.2 Å². The van der Waals surface area contributed by atoms with Gasteiger partial charge in [0.05, 0.1) is 16.9 Å². The number of carbonyl (C=O) groups excluding carboxylic acids is 1. The topological polar surface area (TPSA) is 75.9 Å². The molecule has 0 spiro atoms. The molecule has 1 fully saturated rings. The Kier molecular flexibility index (Phi) is 4.38. The summed E-state index contributed by atoms with van der Waals surface area (Å²) in [6, 6.07) is 10.00. The fourth-order valence-corrected chi connectivity index (χ4v) is 3.71. The average Bonchev–Trinajstić information content (AvgIpc) is 3.28. The summed E-state index contributed by atoms with van der Waals surface area (Å²) < 4.78 is 1.74. The fourth-order valence-electron chi connectivity index (χ4n) is 3.71. The number of rotatable bonds is 4. The van der Waals surface area contributed by atoms with Crippen LogP contribution in [0, 0.1) is 6.92 Å². The monoisotopic (exact) mass is 350 g/mol. The normalized spacial score (nSPS) is 17.2. The summed E-state index contributed by atoms with van der Waals surface area (Å²) in [6.45, 7) is 3.47. The highest BCUT2D eigenvalue weighted by Gasteiger charge is 2.31. The quantitative estimate of drug-likeness (QED) is 0.778. The number of carbonyl (C=O) groups is 1. The van der Waals surface area contributed by atoms with Gasteiger partial charge >= 0.3 is 0 Å². The van der Waals surface area contributed by atoms with E-state index in [0.717, 1.165) is 48.2 Å². The van der Waals surface area contributed by atoms with E-state index in [1.807, 2.05) is 49.2 Å². The van der Waals surface area contributed by atoms with Crippen LogP contribution in [-0.2, 0) is 0 Å². The van der Waals surface area contributed by atoms with Crippen LogP contribution >= 0.6 is 0 Å². The van der Waals surface area contributed by atoms with Crippen molar-refractivity contribution in [2.45, 2.75) is 25.8 Å². The van der Waals surface area contributed by atoms with Gasteiger partial charge in [-0.25, -0.2) is 4.68 Å². The summed E-state index contributed by atoms with van der Waals surface area (Å²) in [7, 11) is 1.91. The van der Waals surface area contributed by atoms with E-state index in [1.165, 1.54) is 0 Å². The number of likely N-dealkylation sites (N-methyl/N-ethyl adjacent to an activating group) is 1. The van der Waals surface area contributed by atoms with Gasteiger partial charge in [-0.05, 0) is 51.1 Å². The predicted molar refractivity (Wildman–Crippen MR) is 99.4 cm³/mol. The first-order valence-electron chi connectivity index (χ1n) is 8.92. The molecule has 0 saturated carbocycles. The predicted octanol–water partition coefficient (Wildman–Crippen LogP) is 1.95. The zero-order valence-electron chi connectivity index (χ0n) is 15.0. The Hall–Kier alpha value is -2.80. The lowest BCUT2D eigenvalue weighted by atomic mass is 10.1. The summed E-state index contributed by atoms with van der Waals surface area (Å²) in [4.78, 5) is 19.3. The third-order valence-electron chi connectivity index (χ3n) is 5.03. The Labute approximate surface area is 152 Å². The van der Waals surface area contributed by atoms with Gasteiger partial charge in [0.15, 0.2) is 5.69 Å². The van der Waals surface area contributed by atoms with Crippen molar-refractivity contribution in [3.63, 3.8) is 0 Å². The van der Waals surface area contributed by atoms with Gasteiger partial charge in [0.1, 0.15) is 0 Å². The van der Waals surface area contributed by atoms with Gasteiger partial charge in [-0.2, -0.15) is 0 Å². The number of pyridine rings is 1. The smallest absolute Gasteiger partial charge is 0.276 e. The first kappa shape index (κ1) is 16.7. The number of benzene rings is 1. The van der Waals surface area contributed by atoms with E-state index in [1.54, 1.807) is 10.9 Å². The van der Waals surface area contributed by atoms with E-state index in [0.29, 0.717) is 5.69 Å². The van der Waals surface area contributed by atoms with Gasteiger partial charge < -0.3 is 10.2 Å². The molecule has 0 radical (unpaired) electrons. The van der Waals surface area contributed by atoms with Crippen LogP contribution in [0.4, 0.5) is 0 Å². The summed E-state index contributed by atoms with van der Waals surface area (Å²) in [5, 5.41) is 12.6. The van der Waals surface area contributed by atoms with Gasteiger partial charge in [0.25, 0.3) is 5.91 Å². The average molecular weight is 350 g/mol. The number of fused-ring (bicyclic) bond motifs is 1. The second-order valence-electron chi connectivity index (χ2n) is 6.63. The largest absolute Gasteiger partial charge is 0.333 e. The molecule has 1 amide bonds. The van der Waals surface area contributed by atoms with Crippen molar-refractivity contribution in [3.8, 4) is 5.69 Å². The number of amides is 1. The second kappa shape index (κ2) is 6.84. The summed E-state index contributed by atoms with van der Waals surface area (Å²) in [6.07, 6.45) is 3.82. The molecule has 7 heteroatoms. The standard InChI is InChI=1S/C19H22N6O/c1-13-18(19(26)24-11-5-6-14(24)12-20-2)22-23-25(13)17-9-3-8-16-15(17)7-4-10-21-16/h3-4,7-10,14,20H,5-6,11-12H2,1-2H3. The van der Waals surface area contributed by atoms with Crippen molar-refractivity contribution in [2.75, 3.05) is 20.1 Å². The number of aromatic nitrogens is 4. The van der Waals surface area contributed by atoms with E-state index >= 15 is 0 Å². The minimum absolute atomic E-state index is 0.0372. The maximum atomic E-state index is 13.0. The highest BCUT2D eigenvalue weighted by molar-refractivity contribution is 5.94. The highest BCUT2D eigenvalue weighted by atomic mass is 16.2. The molecule has 134 valence electrons. The molecule has 0 bridgehead atoms. The number of nitrogens with zero attached hydrogens (tertiary/aromatic N) is 5. The molecule has 3 aromatic rings. The molecule has 1 N–H and O–H groups in total. The maximum absolute atomic E-state index is 13.0. The number of hydrogen-bond donors (Lipinski definition) is 1. The van der Waals surface area contributed by atoms with Crippen molar-refractivity contribution in [1.29, 1.82) is 0 Å². The van der Waals surface area contributed by atoms with Gasteiger partial charge in [0.2, 0.25) is 0 Å². The maximum Gasteiger partial charge on any atom is 0.276 e. The Morgan fingerprint density at radius 3 is 3.04 bits per heavy atom. The van der Waals surface area contributed by atoms with E-state index in [-0.39, 0.29) is 11.9 Å². The van der Waals surface area contributed by atoms with Crippen molar-refractivity contribution < 1.29 is 4.79 Å². The Bertz CT molecular complexity index is 945. The van der Waals surface area contributed by atoms with Crippen LogP contribution in [0.15, 0.2) is 36.5 Å². The van der Waals surface area contributed by atoms with Crippen LogP contribution in [0.5, 0.6) is 0 Å². The SMILES string of the molecule is CNCC1CCCN1C(=O)c1nnn(-c2cccc3ncccc23)c1C. The van der Waals surface area contributed by atoms with Crippen molar-refractivity contribution in [3.05, 3.63) is 47.9 Å². The molecule has 2 aromatic heterocycles. The zero-order valence-corrected chi connectivity index (χ0v) is 15.0. The van der Waals surface area contributed by atoms with Crippen LogP contribution in [0.3, 0.4) is 0 Å². The van der Waals surface area contributed by atoms with Crippen LogP contribution in [0.1, 0.15) is 29.0 Å². The fraction of sp³-hybridized carbons (Fsp3) is 0.368. The van der Waals surface area contributed by atoms with E-state index < -0.39 is 0 Å². The first-order chi connectivity index (χ1) is 12.7. The lowest BCUT2D eigenvalue weighted by Crippen LogP contribution is -2.41. The van der Waals surface area contributed by atoms with Gasteiger partial charge in [-0.3, -0.25) is 9.78 Å². The van der Waals surface area contributed by atoms with E-state index in [4.69, 9.17) is 0 Å². The summed E-state index contributed by atoms with van der Waals surface area (Å²) in [5.41, 5.74) is 2.95. The molecule has 1 atom stereocenters. The van der Waals surface area contributed by atoms with Crippen LogP contribution < -0.4 is 5.32 Å². The minimum Gasteiger partial charge on any atom is -0.333 e. The van der Waals surface area contributed by atoms with Crippen LogP contribution in [-0.4, -0.2) is 57.0 Å². The van der Waals surface area contributed by atoms with Crippen molar-refractivity contribution >= 4 is 16.8 Å². The molecule has 0 aliphatic carbocycles. The molecule has 1 unspecified atom stereocenters. The molecule has 4 rings (SSSR count). The molecular weight excluding hydrogens is 328 g/mol. The molecule has 3 heterocycles. The Balaban J connectivity index is 1.71. The van der Waals surface area contributed by atoms with Crippen LogP contribution in [0.25, 0.3) is 16.6 Å². The lowest BCUT2D eigenvalue weighted by molar-refractivity contribution is 0.0730.